The minimum atomic E-state index is 0.812. The van der Waals surface area contributed by atoms with E-state index in [1.54, 1.807) is 5.37 Å². The van der Waals surface area contributed by atoms with Crippen LogP contribution in [0.5, 0.6) is 11.5 Å². The molecule has 21 heavy (non-hydrogen) atoms. The minimum absolute atomic E-state index is 0.812. The Morgan fingerprint density at radius 1 is 1.10 bits per heavy atom. The first kappa shape index (κ1) is 14.4. The van der Waals surface area contributed by atoms with Crippen molar-refractivity contribution < 1.29 is 4.74 Å². The van der Waals surface area contributed by atoms with E-state index in [-0.39, 0.29) is 0 Å². The van der Waals surface area contributed by atoms with Crippen LogP contribution in [0.2, 0.25) is 0 Å². The molecule has 108 valence electrons. The predicted molar refractivity (Wildman–Crippen MR) is 94.4 cm³/mol. The molecule has 0 N–H and O–H groups in total. The highest BCUT2D eigenvalue weighted by Gasteiger charge is 2.19. The zero-order valence-electron chi connectivity index (χ0n) is 11.7. The maximum atomic E-state index is 6.09. The fourth-order valence-electron chi connectivity index (χ4n) is 2.59. The van der Waals surface area contributed by atoms with Crippen molar-refractivity contribution in [3.8, 4) is 11.5 Å². The van der Waals surface area contributed by atoms with E-state index in [2.05, 4.69) is 23.6 Å². The van der Waals surface area contributed by atoms with Gasteiger partial charge < -0.3 is 9.64 Å². The van der Waals surface area contributed by atoms with E-state index in [9.17, 15) is 0 Å². The molecule has 0 bridgehead atoms. The molecule has 3 rings (SSSR count). The molecule has 0 radical (unpaired) electrons. The van der Waals surface area contributed by atoms with Crippen molar-refractivity contribution in [1.29, 1.82) is 0 Å². The fraction of sp³-hybridized carbons (Fsp3) is 0.235. The van der Waals surface area contributed by atoms with Crippen molar-refractivity contribution in [2.75, 3.05) is 18.0 Å². The van der Waals surface area contributed by atoms with Crippen molar-refractivity contribution in [2.45, 2.75) is 17.7 Å². The number of thiocarbonyl (C=S) groups is 1. The van der Waals surface area contributed by atoms with Crippen LogP contribution < -0.4 is 9.64 Å². The van der Waals surface area contributed by atoms with Gasteiger partial charge in [0.05, 0.1) is 5.69 Å². The van der Waals surface area contributed by atoms with E-state index in [0.29, 0.717) is 0 Å². The van der Waals surface area contributed by atoms with Gasteiger partial charge in [-0.25, -0.2) is 0 Å². The third kappa shape index (κ3) is 3.22. The molecule has 1 aliphatic rings. The first-order valence-corrected chi connectivity index (χ1v) is 8.00. The Morgan fingerprint density at radius 3 is 2.48 bits per heavy atom. The van der Waals surface area contributed by atoms with E-state index in [4.69, 9.17) is 17.0 Å². The predicted octanol–water partition coefficient (Wildman–Crippen LogP) is 4.72. The molecule has 0 unspecified atom stereocenters. The molecule has 0 aromatic heterocycles. The first-order chi connectivity index (χ1) is 10.3. The molecular formula is C17H17NOS2. The second kappa shape index (κ2) is 6.50. The molecule has 1 fully saturated rings. The van der Waals surface area contributed by atoms with Gasteiger partial charge in [0.2, 0.25) is 0 Å². The molecule has 0 aliphatic carbocycles. The van der Waals surface area contributed by atoms with Gasteiger partial charge >= 0.3 is 0 Å². The van der Waals surface area contributed by atoms with Gasteiger partial charge in [-0.05, 0) is 42.7 Å². The molecule has 0 atom stereocenters. The summed E-state index contributed by atoms with van der Waals surface area (Å²) in [6.45, 7) is 2.11. The number of hydrogen-bond acceptors (Lipinski definition) is 4. The van der Waals surface area contributed by atoms with Gasteiger partial charge in [-0.2, -0.15) is 0 Å². The van der Waals surface area contributed by atoms with Crippen LogP contribution in [-0.4, -0.2) is 18.5 Å². The van der Waals surface area contributed by atoms with Gasteiger partial charge in [0.1, 0.15) is 5.75 Å². The maximum Gasteiger partial charge on any atom is 0.164 e. The van der Waals surface area contributed by atoms with E-state index in [1.807, 2.05) is 36.4 Å². The molecule has 1 saturated heterocycles. The van der Waals surface area contributed by atoms with Gasteiger partial charge in [-0.3, -0.25) is 0 Å². The maximum absolute atomic E-state index is 6.09. The van der Waals surface area contributed by atoms with Crippen LogP contribution in [0, 0.1) is 0 Å². The molecule has 1 heterocycles. The van der Waals surface area contributed by atoms with E-state index >= 15 is 0 Å². The number of rotatable bonds is 4. The summed E-state index contributed by atoms with van der Waals surface area (Å²) in [5.41, 5.74) is 2.08. The monoisotopic (exact) mass is 315 g/mol. The fourth-order valence-corrected chi connectivity index (χ4v) is 3.04. The summed E-state index contributed by atoms with van der Waals surface area (Å²) in [7, 11) is 0. The van der Waals surface area contributed by atoms with E-state index < -0.39 is 0 Å². The molecule has 2 aromatic rings. The summed E-state index contributed by atoms with van der Waals surface area (Å²) in [6, 6.07) is 13.9. The summed E-state index contributed by atoms with van der Waals surface area (Å²) < 4.78 is 6.09. The largest absolute Gasteiger partial charge is 0.454 e. The lowest BCUT2D eigenvalue weighted by Gasteiger charge is -2.23. The Morgan fingerprint density at radius 2 is 1.81 bits per heavy atom. The SMILES string of the molecule is S=Cc1cc(S)c(Oc2ccccc2)c(N2CCCC2)c1. The lowest BCUT2D eigenvalue weighted by Crippen LogP contribution is -2.18. The van der Waals surface area contributed by atoms with Gasteiger partial charge in [0, 0.05) is 23.4 Å². The number of para-hydroxylation sites is 1. The van der Waals surface area contributed by atoms with E-state index in [1.165, 1.54) is 12.8 Å². The van der Waals surface area contributed by atoms with Crippen LogP contribution in [0.4, 0.5) is 5.69 Å². The zero-order chi connectivity index (χ0) is 14.7. The number of nitrogens with zero attached hydrogens (tertiary/aromatic N) is 1. The van der Waals surface area contributed by atoms with Crippen LogP contribution in [0.1, 0.15) is 18.4 Å². The zero-order valence-corrected chi connectivity index (χ0v) is 13.4. The third-order valence-electron chi connectivity index (χ3n) is 3.62. The quantitative estimate of drug-likeness (QED) is 0.648. The van der Waals surface area contributed by atoms with Gasteiger partial charge in [-0.1, -0.05) is 30.4 Å². The average molecular weight is 315 g/mol. The first-order valence-electron chi connectivity index (χ1n) is 7.08. The molecular weight excluding hydrogens is 298 g/mol. The summed E-state index contributed by atoms with van der Waals surface area (Å²) in [4.78, 5) is 3.17. The van der Waals surface area contributed by atoms with Crippen molar-refractivity contribution in [2.24, 2.45) is 0 Å². The topological polar surface area (TPSA) is 12.5 Å². The molecule has 2 nitrogen and oxygen atoms in total. The Kier molecular flexibility index (Phi) is 4.46. The van der Waals surface area contributed by atoms with Crippen LogP contribution in [0.25, 0.3) is 0 Å². The van der Waals surface area contributed by atoms with Crippen molar-refractivity contribution in [1.82, 2.24) is 0 Å². The molecule has 0 spiro atoms. The number of ether oxygens (including phenoxy) is 1. The van der Waals surface area contributed by atoms with Crippen LogP contribution in [0.15, 0.2) is 47.4 Å². The summed E-state index contributed by atoms with van der Waals surface area (Å²) in [6.07, 6.45) is 2.43. The highest BCUT2D eigenvalue weighted by Crippen LogP contribution is 2.40. The number of hydrogen-bond donors (Lipinski definition) is 1. The van der Waals surface area contributed by atoms with Gasteiger partial charge in [-0.15, -0.1) is 12.6 Å². The Balaban J connectivity index is 2.02. The van der Waals surface area contributed by atoms with Gasteiger partial charge in [0.15, 0.2) is 5.75 Å². The average Bonchev–Trinajstić information content (AvgIpc) is 3.04. The van der Waals surface area contributed by atoms with Crippen LogP contribution >= 0.6 is 24.8 Å². The summed E-state index contributed by atoms with van der Waals surface area (Å²) in [5, 5.41) is 1.69. The van der Waals surface area contributed by atoms with Crippen LogP contribution in [0.3, 0.4) is 0 Å². The number of thiol groups is 1. The molecule has 2 aromatic carbocycles. The van der Waals surface area contributed by atoms with Crippen molar-refractivity contribution >= 4 is 35.9 Å². The standard InChI is InChI=1S/C17H17NOS2/c20-12-13-10-15(18-8-4-5-9-18)17(16(21)11-13)19-14-6-2-1-3-7-14/h1-3,6-7,10-12,21H,4-5,8-9H2. The molecule has 1 aliphatic heterocycles. The third-order valence-corrected chi connectivity index (χ3v) is 4.22. The minimum Gasteiger partial charge on any atom is -0.454 e. The lowest BCUT2D eigenvalue weighted by atomic mass is 10.2. The highest BCUT2D eigenvalue weighted by atomic mass is 32.1. The Bertz CT molecular complexity index is 637. The molecule has 0 saturated carbocycles. The van der Waals surface area contributed by atoms with E-state index in [0.717, 1.165) is 40.7 Å². The summed E-state index contributed by atoms with van der Waals surface area (Å²) in [5.74, 6) is 1.63. The van der Waals surface area contributed by atoms with Crippen molar-refractivity contribution in [3.05, 3.63) is 48.0 Å². The number of benzene rings is 2. The second-order valence-electron chi connectivity index (χ2n) is 5.12. The van der Waals surface area contributed by atoms with Crippen LogP contribution in [-0.2, 0) is 0 Å². The lowest BCUT2D eigenvalue weighted by molar-refractivity contribution is 0.471. The Labute approximate surface area is 136 Å². The van der Waals surface area contributed by atoms with Gasteiger partial charge in [0.25, 0.3) is 0 Å². The normalized spacial score (nSPS) is 14.2. The Hall–Kier alpha value is -1.52. The highest BCUT2D eigenvalue weighted by molar-refractivity contribution is 7.80. The second-order valence-corrected chi connectivity index (χ2v) is 5.83. The summed E-state index contributed by atoms with van der Waals surface area (Å²) >= 11 is 9.66. The van der Waals surface area contributed by atoms with Crippen molar-refractivity contribution in [3.63, 3.8) is 0 Å². The molecule has 4 heteroatoms. The molecule has 0 amide bonds. The number of anilines is 1. The smallest absolute Gasteiger partial charge is 0.164 e.